The van der Waals surface area contributed by atoms with Gasteiger partial charge in [-0.25, -0.2) is 22.3 Å². The van der Waals surface area contributed by atoms with Crippen LogP contribution in [-0.2, 0) is 10.0 Å². The number of aromatic nitrogens is 1. The minimum Gasteiger partial charge on any atom is -0.358 e. The molecule has 0 aliphatic carbocycles. The fraction of sp³-hybridized carbons (Fsp3) is 0.167. The molecular formula is C6H4F3N3O4S. The summed E-state index contributed by atoms with van der Waals surface area (Å²) < 4.78 is 59.6. The Balaban J connectivity index is 3.79. The molecule has 0 atom stereocenters. The molecule has 1 rings (SSSR count). The standard InChI is InChI=1S/C6H4F3N3O4S/c7-3-1-2(5(8)9)4(17(10,15)16)6(11-3)12(13)14/h1,5H,(H2,10,15,16). The van der Waals surface area contributed by atoms with Crippen molar-refractivity contribution in [2.24, 2.45) is 5.14 Å². The molecule has 11 heteroatoms. The van der Waals surface area contributed by atoms with Gasteiger partial charge in [0.15, 0.2) is 4.90 Å². The predicted octanol–water partition coefficient (Wildman–Crippen LogP) is 0.714. The second kappa shape index (κ2) is 4.25. The first kappa shape index (κ1) is 13.3. The van der Waals surface area contributed by atoms with Crippen molar-refractivity contribution in [2.75, 3.05) is 0 Å². The summed E-state index contributed by atoms with van der Waals surface area (Å²) in [6, 6.07) is 0.0808. The summed E-state index contributed by atoms with van der Waals surface area (Å²) in [6.45, 7) is 0. The number of nitrogens with two attached hydrogens (primary N) is 1. The molecule has 0 saturated carbocycles. The van der Waals surface area contributed by atoms with E-state index in [0.717, 1.165) is 0 Å². The molecule has 0 aromatic carbocycles. The van der Waals surface area contributed by atoms with Crippen molar-refractivity contribution in [1.29, 1.82) is 0 Å². The van der Waals surface area contributed by atoms with Crippen LogP contribution in [0.15, 0.2) is 11.0 Å². The molecule has 0 saturated heterocycles. The van der Waals surface area contributed by atoms with Crippen LogP contribution in [0, 0.1) is 16.1 Å². The number of hydrogen-bond acceptors (Lipinski definition) is 5. The lowest BCUT2D eigenvalue weighted by atomic mass is 10.2. The van der Waals surface area contributed by atoms with Gasteiger partial charge in [-0.15, -0.1) is 0 Å². The molecule has 17 heavy (non-hydrogen) atoms. The Morgan fingerprint density at radius 2 is 2.00 bits per heavy atom. The van der Waals surface area contributed by atoms with Gasteiger partial charge >= 0.3 is 11.8 Å². The highest BCUT2D eigenvalue weighted by Gasteiger charge is 2.33. The Morgan fingerprint density at radius 1 is 1.47 bits per heavy atom. The molecule has 94 valence electrons. The fourth-order valence-corrected chi connectivity index (χ4v) is 1.94. The molecular weight excluding hydrogens is 267 g/mol. The van der Waals surface area contributed by atoms with E-state index in [1.165, 1.54) is 0 Å². The molecule has 0 aliphatic rings. The minimum atomic E-state index is -4.82. The zero-order chi connectivity index (χ0) is 13.4. The van der Waals surface area contributed by atoms with Crippen molar-refractivity contribution in [1.82, 2.24) is 4.98 Å². The van der Waals surface area contributed by atoms with Crippen molar-refractivity contribution in [2.45, 2.75) is 11.3 Å². The number of hydrogen-bond donors (Lipinski definition) is 1. The molecule has 0 aliphatic heterocycles. The molecule has 2 N–H and O–H groups in total. The van der Waals surface area contributed by atoms with Crippen LogP contribution in [-0.4, -0.2) is 18.3 Å². The van der Waals surface area contributed by atoms with E-state index in [2.05, 4.69) is 10.1 Å². The summed E-state index contributed by atoms with van der Waals surface area (Å²) in [5, 5.41) is 15.0. The summed E-state index contributed by atoms with van der Waals surface area (Å²) in [5.74, 6) is -3.16. The van der Waals surface area contributed by atoms with Crippen LogP contribution in [0.5, 0.6) is 0 Å². The number of alkyl halides is 2. The largest absolute Gasteiger partial charge is 0.387 e. The second-order valence-electron chi connectivity index (χ2n) is 2.79. The topological polar surface area (TPSA) is 116 Å². The van der Waals surface area contributed by atoms with Crippen molar-refractivity contribution in [3.63, 3.8) is 0 Å². The molecule has 0 radical (unpaired) electrons. The van der Waals surface area contributed by atoms with Crippen LogP contribution in [0.1, 0.15) is 12.0 Å². The Kier molecular flexibility index (Phi) is 3.33. The Hall–Kier alpha value is -1.75. The van der Waals surface area contributed by atoms with Crippen molar-refractivity contribution in [3.05, 3.63) is 27.7 Å². The van der Waals surface area contributed by atoms with Crippen LogP contribution in [0.25, 0.3) is 0 Å². The minimum absolute atomic E-state index is 0.0808. The van der Waals surface area contributed by atoms with Crippen LogP contribution >= 0.6 is 0 Å². The highest BCUT2D eigenvalue weighted by molar-refractivity contribution is 7.89. The second-order valence-corrected chi connectivity index (χ2v) is 4.29. The van der Waals surface area contributed by atoms with Gasteiger partial charge in [0, 0.05) is 6.07 Å². The summed E-state index contributed by atoms with van der Waals surface area (Å²) in [5.41, 5.74) is -1.40. The van der Waals surface area contributed by atoms with Gasteiger partial charge in [-0.2, -0.15) is 4.39 Å². The highest BCUT2D eigenvalue weighted by Crippen LogP contribution is 2.31. The third-order valence-corrected chi connectivity index (χ3v) is 2.63. The van der Waals surface area contributed by atoms with Gasteiger partial charge in [-0.3, -0.25) is 0 Å². The highest BCUT2D eigenvalue weighted by atomic mass is 32.2. The van der Waals surface area contributed by atoms with Gasteiger partial charge < -0.3 is 10.1 Å². The molecule has 0 amide bonds. The van der Waals surface area contributed by atoms with Crippen LogP contribution in [0.4, 0.5) is 19.0 Å². The van der Waals surface area contributed by atoms with E-state index in [1.54, 1.807) is 0 Å². The first-order chi connectivity index (χ1) is 7.64. The van der Waals surface area contributed by atoms with E-state index in [4.69, 9.17) is 0 Å². The monoisotopic (exact) mass is 271 g/mol. The molecule has 0 bridgehead atoms. The maximum atomic E-state index is 12.7. The fourth-order valence-electron chi connectivity index (χ4n) is 1.08. The number of sulfonamides is 1. The van der Waals surface area contributed by atoms with E-state index in [9.17, 15) is 31.7 Å². The third-order valence-electron chi connectivity index (χ3n) is 1.65. The number of pyridine rings is 1. The SMILES string of the molecule is NS(=O)(=O)c1c(C(F)F)cc(F)nc1[N+](=O)[O-]. The number of nitro groups is 1. The van der Waals surface area contributed by atoms with E-state index in [0.29, 0.717) is 0 Å². The van der Waals surface area contributed by atoms with Crippen LogP contribution < -0.4 is 5.14 Å². The number of nitrogens with zero attached hydrogens (tertiary/aromatic N) is 2. The van der Waals surface area contributed by atoms with Gasteiger partial charge in [-0.1, -0.05) is 0 Å². The molecule has 0 unspecified atom stereocenters. The maximum Gasteiger partial charge on any atom is 0.387 e. The number of primary sulfonamides is 1. The lowest BCUT2D eigenvalue weighted by Gasteiger charge is -2.06. The molecule has 1 heterocycles. The summed E-state index contributed by atoms with van der Waals surface area (Å²) >= 11 is 0. The average molecular weight is 271 g/mol. The number of halogens is 3. The first-order valence-electron chi connectivity index (χ1n) is 3.80. The molecule has 1 aromatic heterocycles. The predicted molar refractivity (Wildman–Crippen MR) is 47.2 cm³/mol. The normalized spacial score (nSPS) is 11.8. The molecule has 0 fully saturated rings. The van der Waals surface area contributed by atoms with Crippen molar-refractivity contribution < 1.29 is 26.5 Å². The van der Waals surface area contributed by atoms with Crippen molar-refractivity contribution in [3.8, 4) is 0 Å². The molecule has 1 aromatic rings. The number of rotatable bonds is 3. The molecule has 0 spiro atoms. The third kappa shape index (κ3) is 2.68. The van der Waals surface area contributed by atoms with Crippen molar-refractivity contribution >= 4 is 15.8 Å². The van der Waals surface area contributed by atoms with E-state index in [-0.39, 0.29) is 6.07 Å². The Bertz CT molecular complexity index is 574. The summed E-state index contributed by atoms with van der Waals surface area (Å²) in [7, 11) is -4.82. The lowest BCUT2D eigenvalue weighted by Crippen LogP contribution is -2.18. The zero-order valence-corrected chi connectivity index (χ0v) is 8.62. The van der Waals surface area contributed by atoms with E-state index in [1.807, 2.05) is 0 Å². The van der Waals surface area contributed by atoms with Gasteiger partial charge in [-0.05, 0) is 9.91 Å². The van der Waals surface area contributed by atoms with Gasteiger partial charge in [0.25, 0.3) is 6.43 Å². The van der Waals surface area contributed by atoms with Gasteiger partial charge in [0.2, 0.25) is 10.0 Å². The summed E-state index contributed by atoms with van der Waals surface area (Å²) in [6.07, 6.45) is -3.44. The zero-order valence-electron chi connectivity index (χ0n) is 7.80. The van der Waals surface area contributed by atoms with E-state index >= 15 is 0 Å². The van der Waals surface area contributed by atoms with Gasteiger partial charge in [0.1, 0.15) is 0 Å². The maximum absolute atomic E-state index is 12.7. The smallest absolute Gasteiger partial charge is 0.358 e. The Labute approximate surface area is 92.3 Å². The van der Waals surface area contributed by atoms with Gasteiger partial charge in [0.05, 0.1) is 5.56 Å². The first-order valence-corrected chi connectivity index (χ1v) is 5.35. The summed E-state index contributed by atoms with van der Waals surface area (Å²) in [4.78, 5) is 10.1. The van der Waals surface area contributed by atoms with Crippen LogP contribution in [0.2, 0.25) is 0 Å². The molecule has 7 nitrogen and oxygen atoms in total. The lowest BCUT2D eigenvalue weighted by molar-refractivity contribution is -0.393. The average Bonchev–Trinajstić information content (AvgIpc) is 2.14. The quantitative estimate of drug-likeness (QED) is 0.493. The Morgan fingerprint density at radius 3 is 2.35 bits per heavy atom. The van der Waals surface area contributed by atoms with E-state index < -0.39 is 43.6 Å². The van der Waals surface area contributed by atoms with Crippen LogP contribution in [0.3, 0.4) is 0 Å².